The fourth-order valence-corrected chi connectivity index (χ4v) is 0.968. The summed E-state index contributed by atoms with van der Waals surface area (Å²) in [4.78, 5) is 0. The largest absolute Gasteiger partial charge is 0.506 e. The number of hydrogen-bond acceptors (Lipinski definition) is 6. The van der Waals surface area contributed by atoms with E-state index in [0.717, 1.165) is 12.1 Å². The Balaban J connectivity index is 0.00000324. The van der Waals surface area contributed by atoms with Gasteiger partial charge in [-0.3, -0.25) is 10.8 Å². The molecule has 0 atom stereocenters. The summed E-state index contributed by atoms with van der Waals surface area (Å²) in [6.07, 6.45) is 0. The molecule has 1 rings (SSSR count). The lowest BCUT2D eigenvalue weighted by molar-refractivity contribution is 0.463. The van der Waals surface area contributed by atoms with E-state index in [1.165, 1.54) is 0 Å². The van der Waals surface area contributed by atoms with E-state index in [9.17, 15) is 10.2 Å². The van der Waals surface area contributed by atoms with Gasteiger partial charge in [-0.15, -0.1) is 27.7 Å². The summed E-state index contributed by atoms with van der Waals surface area (Å²) < 4.78 is 0. The van der Waals surface area contributed by atoms with E-state index < -0.39 is 5.96 Å². The Bertz CT molecular complexity index is 526. The van der Waals surface area contributed by atoms with Crippen molar-refractivity contribution in [3.05, 3.63) is 12.1 Å². The van der Waals surface area contributed by atoms with Gasteiger partial charge in [0, 0.05) is 12.1 Å². The Hall–Kier alpha value is -2.75. The van der Waals surface area contributed by atoms with Crippen molar-refractivity contribution >= 4 is 35.7 Å². The number of halogens is 1. The van der Waals surface area contributed by atoms with E-state index in [1.807, 2.05) is 0 Å². The van der Waals surface area contributed by atoms with Crippen LogP contribution >= 0.6 is 12.4 Å². The molecule has 0 unspecified atom stereocenters. The summed E-state index contributed by atoms with van der Waals surface area (Å²) in [7, 11) is 0. The Morgan fingerprint density at radius 2 is 1.79 bits per heavy atom. The molecule has 0 bridgehead atoms. The third-order valence-corrected chi connectivity index (χ3v) is 1.66. The molecule has 1 aromatic carbocycles. The van der Waals surface area contributed by atoms with Crippen molar-refractivity contribution in [2.45, 2.75) is 0 Å². The summed E-state index contributed by atoms with van der Waals surface area (Å²) in [5, 5.41) is 36.1. The maximum Gasteiger partial charge on any atom is 0.232 e. The van der Waals surface area contributed by atoms with Gasteiger partial charge in [-0.05, 0) is 0 Å². The van der Waals surface area contributed by atoms with Crippen molar-refractivity contribution in [1.29, 1.82) is 5.41 Å². The van der Waals surface area contributed by atoms with E-state index in [2.05, 4.69) is 20.8 Å². The van der Waals surface area contributed by atoms with Gasteiger partial charge in [-0.25, -0.2) is 0 Å². The van der Waals surface area contributed by atoms with Crippen LogP contribution in [0.3, 0.4) is 0 Å². The van der Waals surface area contributed by atoms with Crippen LogP contribution in [0.25, 0.3) is 0 Å². The number of anilines is 1. The van der Waals surface area contributed by atoms with Crippen LogP contribution in [-0.2, 0) is 0 Å². The maximum absolute atomic E-state index is 9.58. The highest BCUT2D eigenvalue weighted by atomic mass is 35.5. The minimum Gasteiger partial charge on any atom is -0.506 e. The lowest BCUT2D eigenvalue weighted by Gasteiger charge is -2.06. The summed E-state index contributed by atoms with van der Waals surface area (Å²) in [5.74, 6) is -1.34. The summed E-state index contributed by atoms with van der Waals surface area (Å²) in [6.45, 7) is 0. The number of rotatable bonds is 3. The Morgan fingerprint density at radius 1 is 1.16 bits per heavy atom. The van der Waals surface area contributed by atoms with Crippen molar-refractivity contribution in [2.75, 3.05) is 5.43 Å². The highest BCUT2D eigenvalue weighted by molar-refractivity contribution is 5.85. The van der Waals surface area contributed by atoms with E-state index >= 15 is 0 Å². The Morgan fingerprint density at radius 3 is 2.32 bits per heavy atom. The number of nitrogens with zero attached hydrogens (tertiary/aromatic N) is 3. The number of guanidine groups is 2. The molecular formula is C8H13ClN8O2. The van der Waals surface area contributed by atoms with Crippen LogP contribution in [-0.4, -0.2) is 22.1 Å². The van der Waals surface area contributed by atoms with Crippen LogP contribution in [0, 0.1) is 5.41 Å². The molecule has 0 spiro atoms. The lowest BCUT2D eigenvalue weighted by Crippen LogP contribution is -2.23. The predicted octanol–water partition coefficient (Wildman–Crippen LogP) is 0.0971. The van der Waals surface area contributed by atoms with Crippen LogP contribution in [0.4, 0.5) is 11.4 Å². The number of nitrogens with one attached hydrogen (secondary N) is 2. The second-order valence-corrected chi connectivity index (χ2v) is 3.09. The van der Waals surface area contributed by atoms with Crippen LogP contribution in [0.5, 0.6) is 11.5 Å². The molecule has 0 heterocycles. The standard InChI is InChI=1S/C8H12N8O2.ClH/c9-7(10)15-13-3-1-5(17)4(2-6(3)18)14-16-8(11)12;/h1-2,13,17-18H,(H3,11,12)(H4,9,10,15);1H. The van der Waals surface area contributed by atoms with Crippen LogP contribution in [0.1, 0.15) is 0 Å². The Kier molecular flexibility index (Phi) is 5.87. The zero-order valence-corrected chi connectivity index (χ0v) is 10.3. The number of benzene rings is 1. The molecule has 1 aromatic rings. The number of nitrogens with two attached hydrogens (primary N) is 3. The molecule has 0 aliphatic heterocycles. The lowest BCUT2D eigenvalue weighted by atomic mass is 10.2. The van der Waals surface area contributed by atoms with Crippen LogP contribution < -0.4 is 22.6 Å². The van der Waals surface area contributed by atoms with Crippen molar-refractivity contribution in [1.82, 2.24) is 0 Å². The molecular weight excluding hydrogens is 276 g/mol. The van der Waals surface area contributed by atoms with Crippen molar-refractivity contribution in [3.8, 4) is 11.5 Å². The smallest absolute Gasteiger partial charge is 0.232 e. The number of hydrogen-bond donors (Lipinski definition) is 7. The van der Waals surface area contributed by atoms with Gasteiger partial charge in [0.25, 0.3) is 0 Å². The number of azo groups is 1. The van der Waals surface area contributed by atoms with Crippen LogP contribution in [0.2, 0.25) is 0 Å². The molecule has 0 aliphatic carbocycles. The van der Waals surface area contributed by atoms with Gasteiger partial charge in [-0.1, -0.05) is 0 Å². The molecule has 0 fully saturated rings. The fraction of sp³-hybridized carbons (Fsp3) is 0. The van der Waals surface area contributed by atoms with Gasteiger partial charge >= 0.3 is 0 Å². The number of phenolic OH excluding ortho intramolecular Hbond substituents is 2. The van der Waals surface area contributed by atoms with Gasteiger partial charge in [0.05, 0.1) is 0 Å². The van der Waals surface area contributed by atoms with E-state index in [-0.39, 0.29) is 41.2 Å². The van der Waals surface area contributed by atoms with Gasteiger partial charge in [-0.2, -0.15) is 0 Å². The molecule has 0 amide bonds. The topological polar surface area (TPSA) is 191 Å². The summed E-state index contributed by atoms with van der Waals surface area (Å²) in [6, 6.07) is 2.24. The Labute approximate surface area is 113 Å². The van der Waals surface area contributed by atoms with Gasteiger partial charge in [0.2, 0.25) is 11.9 Å². The monoisotopic (exact) mass is 288 g/mol. The van der Waals surface area contributed by atoms with Gasteiger partial charge in [0.1, 0.15) is 22.9 Å². The molecule has 11 heteroatoms. The third-order valence-electron chi connectivity index (χ3n) is 1.66. The summed E-state index contributed by atoms with van der Waals surface area (Å²) in [5.41, 5.74) is 17.5. The van der Waals surface area contributed by atoms with E-state index in [4.69, 9.17) is 22.6 Å². The number of aromatic hydroxyl groups is 2. The van der Waals surface area contributed by atoms with Crippen molar-refractivity contribution < 1.29 is 10.2 Å². The average molecular weight is 289 g/mol. The summed E-state index contributed by atoms with van der Waals surface area (Å²) >= 11 is 0. The number of phenols is 2. The first-order chi connectivity index (χ1) is 8.40. The molecule has 0 aliphatic rings. The molecule has 0 aromatic heterocycles. The first-order valence-corrected chi connectivity index (χ1v) is 4.56. The molecule has 0 saturated carbocycles. The first-order valence-electron chi connectivity index (χ1n) is 4.56. The van der Waals surface area contributed by atoms with Crippen molar-refractivity contribution in [3.63, 3.8) is 0 Å². The van der Waals surface area contributed by atoms with E-state index in [0.29, 0.717) is 0 Å². The molecule has 0 saturated heterocycles. The highest BCUT2D eigenvalue weighted by Gasteiger charge is 2.08. The van der Waals surface area contributed by atoms with Gasteiger partial charge in [0.15, 0.2) is 0 Å². The van der Waals surface area contributed by atoms with E-state index in [1.54, 1.807) is 0 Å². The zero-order valence-electron chi connectivity index (χ0n) is 9.53. The SMILES string of the molecule is Cl.N=C(N)N=Nc1cc(O)c(NN=C(N)N)cc1O. The fourth-order valence-electron chi connectivity index (χ4n) is 0.968. The first kappa shape index (κ1) is 16.2. The minimum absolute atomic E-state index is 0. The van der Waals surface area contributed by atoms with Crippen LogP contribution in [0.15, 0.2) is 27.5 Å². The zero-order chi connectivity index (χ0) is 13.7. The highest BCUT2D eigenvalue weighted by Crippen LogP contribution is 2.36. The molecule has 0 radical (unpaired) electrons. The second kappa shape index (κ2) is 6.86. The molecule has 19 heavy (non-hydrogen) atoms. The second-order valence-electron chi connectivity index (χ2n) is 3.09. The third kappa shape index (κ3) is 4.95. The van der Waals surface area contributed by atoms with Gasteiger partial charge < -0.3 is 27.4 Å². The maximum atomic E-state index is 9.58. The predicted molar refractivity (Wildman–Crippen MR) is 72.9 cm³/mol. The molecule has 10 N–H and O–H groups in total. The quantitative estimate of drug-likeness (QED) is 0.103. The number of hydrazone groups is 1. The molecule has 104 valence electrons. The van der Waals surface area contributed by atoms with Crippen molar-refractivity contribution in [2.24, 2.45) is 32.5 Å². The average Bonchev–Trinajstić information content (AvgIpc) is 2.27. The molecule has 10 nitrogen and oxygen atoms in total. The minimum atomic E-state index is -0.531. The normalized spacial score (nSPS) is 9.68.